The number of nitrogens with two attached hydrogens (primary N) is 1. The topological polar surface area (TPSA) is 55.0 Å². The van der Waals surface area contributed by atoms with Gasteiger partial charge in [-0.3, -0.25) is 4.90 Å². The highest BCUT2D eigenvalue weighted by Gasteiger charge is 2.32. The van der Waals surface area contributed by atoms with Gasteiger partial charge in [-0.05, 0) is 36.5 Å². The lowest BCUT2D eigenvalue weighted by Crippen LogP contribution is -2.31. The second-order valence-corrected chi connectivity index (χ2v) is 4.98. The first kappa shape index (κ1) is 12.8. The fourth-order valence-corrected chi connectivity index (χ4v) is 2.35. The third kappa shape index (κ3) is 3.11. The van der Waals surface area contributed by atoms with Gasteiger partial charge in [-0.1, -0.05) is 11.4 Å². The SMILES string of the molecule is CC1(CN)CCN(Cc2csnn2)C1.Cl. The van der Waals surface area contributed by atoms with E-state index in [0.29, 0.717) is 5.41 Å². The van der Waals surface area contributed by atoms with Crippen molar-refractivity contribution in [2.75, 3.05) is 19.6 Å². The maximum atomic E-state index is 5.75. The lowest BCUT2D eigenvalue weighted by atomic mass is 9.90. The second-order valence-electron chi connectivity index (χ2n) is 4.37. The first-order chi connectivity index (χ1) is 6.72. The van der Waals surface area contributed by atoms with Gasteiger partial charge < -0.3 is 5.73 Å². The van der Waals surface area contributed by atoms with Gasteiger partial charge in [0.25, 0.3) is 0 Å². The summed E-state index contributed by atoms with van der Waals surface area (Å²) in [7, 11) is 0. The van der Waals surface area contributed by atoms with E-state index >= 15 is 0 Å². The van der Waals surface area contributed by atoms with Crippen molar-refractivity contribution < 1.29 is 0 Å². The minimum atomic E-state index is 0. The number of hydrogen-bond donors (Lipinski definition) is 1. The summed E-state index contributed by atoms with van der Waals surface area (Å²) in [6, 6.07) is 0. The molecule has 1 aliphatic heterocycles. The normalized spacial score (nSPS) is 26.5. The van der Waals surface area contributed by atoms with Crippen molar-refractivity contribution in [3.8, 4) is 0 Å². The Morgan fingerprint density at radius 3 is 3.00 bits per heavy atom. The van der Waals surface area contributed by atoms with Crippen molar-refractivity contribution in [2.24, 2.45) is 11.1 Å². The van der Waals surface area contributed by atoms with Crippen LogP contribution in [0.2, 0.25) is 0 Å². The van der Waals surface area contributed by atoms with E-state index in [0.717, 1.165) is 31.9 Å². The predicted octanol–water partition coefficient (Wildman–Crippen LogP) is 1.13. The third-order valence-corrected chi connectivity index (χ3v) is 3.47. The number of aromatic nitrogens is 2. The summed E-state index contributed by atoms with van der Waals surface area (Å²) in [6.07, 6.45) is 1.20. The summed E-state index contributed by atoms with van der Waals surface area (Å²) >= 11 is 1.42. The number of hydrogen-bond acceptors (Lipinski definition) is 5. The Bertz CT molecular complexity index is 292. The zero-order chi connectivity index (χ0) is 10.0. The van der Waals surface area contributed by atoms with Crippen molar-refractivity contribution >= 4 is 23.9 Å². The highest BCUT2D eigenvalue weighted by molar-refractivity contribution is 7.03. The van der Waals surface area contributed by atoms with Crippen LogP contribution in [0, 0.1) is 5.41 Å². The van der Waals surface area contributed by atoms with Crippen molar-refractivity contribution in [2.45, 2.75) is 19.9 Å². The zero-order valence-electron chi connectivity index (χ0n) is 8.85. The summed E-state index contributed by atoms with van der Waals surface area (Å²) in [5.74, 6) is 0. The van der Waals surface area contributed by atoms with E-state index in [4.69, 9.17) is 5.73 Å². The van der Waals surface area contributed by atoms with Crippen molar-refractivity contribution in [1.29, 1.82) is 0 Å². The molecule has 0 bridgehead atoms. The van der Waals surface area contributed by atoms with Crippen LogP contribution in [-0.4, -0.2) is 34.1 Å². The van der Waals surface area contributed by atoms with Crippen LogP contribution in [0.4, 0.5) is 0 Å². The molecule has 15 heavy (non-hydrogen) atoms. The molecule has 1 aromatic rings. The molecule has 1 unspecified atom stereocenters. The first-order valence-corrected chi connectivity index (χ1v) is 5.74. The van der Waals surface area contributed by atoms with Crippen LogP contribution in [0.5, 0.6) is 0 Å². The van der Waals surface area contributed by atoms with Gasteiger partial charge in [-0.2, -0.15) is 0 Å². The molecular weight excluding hydrogens is 232 g/mol. The summed E-state index contributed by atoms with van der Waals surface area (Å²) in [5.41, 5.74) is 7.14. The summed E-state index contributed by atoms with van der Waals surface area (Å²) in [6.45, 7) is 6.17. The number of likely N-dealkylation sites (tertiary alicyclic amines) is 1. The Balaban J connectivity index is 0.00000112. The van der Waals surface area contributed by atoms with Gasteiger partial charge in [0.1, 0.15) is 0 Å². The Morgan fingerprint density at radius 2 is 2.47 bits per heavy atom. The lowest BCUT2D eigenvalue weighted by molar-refractivity contribution is 0.272. The smallest absolute Gasteiger partial charge is 0.0895 e. The first-order valence-electron chi connectivity index (χ1n) is 4.90. The standard InChI is InChI=1S/C9H16N4S.ClH/c1-9(6-10)2-3-13(7-9)4-8-5-14-12-11-8;/h5H,2-4,6-7,10H2,1H3;1H. The quantitative estimate of drug-likeness (QED) is 0.872. The van der Waals surface area contributed by atoms with Crippen LogP contribution in [0.25, 0.3) is 0 Å². The van der Waals surface area contributed by atoms with Gasteiger partial charge in [0.05, 0.1) is 5.69 Å². The van der Waals surface area contributed by atoms with Crippen LogP contribution >= 0.6 is 23.9 Å². The molecule has 0 saturated carbocycles. The Morgan fingerprint density at radius 1 is 1.67 bits per heavy atom. The van der Waals surface area contributed by atoms with Gasteiger partial charge in [0.15, 0.2) is 0 Å². The fourth-order valence-electron chi connectivity index (χ4n) is 1.91. The highest BCUT2D eigenvalue weighted by Crippen LogP contribution is 2.29. The van der Waals surface area contributed by atoms with Crippen LogP contribution in [0.1, 0.15) is 19.0 Å². The fraction of sp³-hybridized carbons (Fsp3) is 0.778. The summed E-state index contributed by atoms with van der Waals surface area (Å²) in [5, 5.41) is 6.06. The molecule has 2 heterocycles. The van der Waals surface area contributed by atoms with E-state index in [1.54, 1.807) is 0 Å². The minimum absolute atomic E-state index is 0. The Labute approximate surface area is 100 Å². The van der Waals surface area contributed by atoms with Crippen LogP contribution in [0.3, 0.4) is 0 Å². The maximum absolute atomic E-state index is 5.75. The third-order valence-electron chi connectivity index (χ3n) is 2.92. The average molecular weight is 249 g/mol. The maximum Gasteiger partial charge on any atom is 0.0895 e. The Hall–Kier alpha value is -0.230. The van der Waals surface area contributed by atoms with E-state index in [1.165, 1.54) is 18.0 Å². The van der Waals surface area contributed by atoms with Gasteiger partial charge in [-0.15, -0.1) is 17.5 Å². The highest BCUT2D eigenvalue weighted by atomic mass is 35.5. The Kier molecular flexibility index (Phi) is 4.45. The molecule has 1 atom stereocenters. The second kappa shape index (κ2) is 5.21. The van der Waals surface area contributed by atoms with Gasteiger partial charge in [0.2, 0.25) is 0 Å². The minimum Gasteiger partial charge on any atom is -0.330 e. The molecule has 2 rings (SSSR count). The van der Waals surface area contributed by atoms with Gasteiger partial charge >= 0.3 is 0 Å². The van der Waals surface area contributed by atoms with Crippen molar-refractivity contribution in [3.05, 3.63) is 11.1 Å². The van der Waals surface area contributed by atoms with Crippen LogP contribution in [0.15, 0.2) is 5.38 Å². The molecule has 0 radical (unpaired) electrons. The van der Waals surface area contributed by atoms with Gasteiger partial charge in [0, 0.05) is 18.5 Å². The van der Waals surface area contributed by atoms with Crippen molar-refractivity contribution in [1.82, 2.24) is 14.5 Å². The molecule has 1 aromatic heterocycles. The monoisotopic (exact) mass is 248 g/mol. The number of nitrogens with zero attached hydrogens (tertiary/aromatic N) is 3. The van der Waals surface area contributed by atoms with E-state index in [2.05, 4.69) is 21.4 Å². The number of halogens is 1. The molecule has 1 saturated heterocycles. The van der Waals surface area contributed by atoms with Gasteiger partial charge in [-0.25, -0.2) is 0 Å². The molecule has 1 aliphatic rings. The van der Waals surface area contributed by atoms with E-state index in [9.17, 15) is 0 Å². The molecule has 0 aromatic carbocycles. The molecule has 0 spiro atoms. The molecule has 2 N–H and O–H groups in total. The molecule has 6 heteroatoms. The van der Waals surface area contributed by atoms with E-state index in [1.807, 2.05) is 5.38 Å². The molecule has 0 aliphatic carbocycles. The lowest BCUT2D eigenvalue weighted by Gasteiger charge is -2.21. The predicted molar refractivity (Wildman–Crippen MR) is 64.2 cm³/mol. The zero-order valence-corrected chi connectivity index (χ0v) is 10.5. The van der Waals surface area contributed by atoms with E-state index < -0.39 is 0 Å². The average Bonchev–Trinajstić information content (AvgIpc) is 2.78. The van der Waals surface area contributed by atoms with Crippen molar-refractivity contribution in [3.63, 3.8) is 0 Å². The van der Waals surface area contributed by atoms with Crippen LogP contribution < -0.4 is 5.73 Å². The molecular formula is C9H17ClN4S. The largest absolute Gasteiger partial charge is 0.330 e. The van der Waals surface area contributed by atoms with Crippen LogP contribution in [-0.2, 0) is 6.54 Å². The summed E-state index contributed by atoms with van der Waals surface area (Å²) in [4.78, 5) is 2.41. The number of rotatable bonds is 3. The molecule has 0 amide bonds. The molecule has 4 nitrogen and oxygen atoms in total. The van der Waals surface area contributed by atoms with E-state index in [-0.39, 0.29) is 12.4 Å². The molecule has 86 valence electrons. The molecule has 1 fully saturated rings. The summed E-state index contributed by atoms with van der Waals surface area (Å²) < 4.78 is 3.86.